The lowest BCUT2D eigenvalue weighted by Gasteiger charge is -2.38. The maximum atomic E-state index is 14.5. The van der Waals surface area contributed by atoms with Crippen molar-refractivity contribution >= 4 is 23.4 Å². The molecule has 3 atom stereocenters. The number of aryl methyl sites for hydroxylation is 1. The third-order valence-corrected chi connectivity index (χ3v) is 8.77. The van der Waals surface area contributed by atoms with E-state index in [1.54, 1.807) is 0 Å². The fourth-order valence-electron chi connectivity index (χ4n) is 7.20. The number of halogens is 1. The van der Waals surface area contributed by atoms with Crippen molar-refractivity contribution in [3.63, 3.8) is 0 Å². The van der Waals surface area contributed by atoms with Crippen LogP contribution in [0.25, 0.3) is 11.6 Å². The first-order valence-electron chi connectivity index (χ1n) is 12.1. The van der Waals surface area contributed by atoms with Crippen LogP contribution in [0.5, 0.6) is 5.88 Å². The van der Waals surface area contributed by atoms with Crippen LogP contribution in [0.2, 0.25) is 0 Å². The van der Waals surface area contributed by atoms with Crippen LogP contribution in [0.4, 0.5) is 10.3 Å². The first kappa shape index (κ1) is 21.6. The number of anilines is 1. The number of pyridine rings is 1. The Hall–Kier alpha value is -2.87. The number of ketones is 1. The van der Waals surface area contributed by atoms with Gasteiger partial charge in [-0.15, -0.1) is 0 Å². The number of nitrogens with one attached hydrogen (secondary N) is 1. The van der Waals surface area contributed by atoms with E-state index in [1.807, 2.05) is 19.9 Å². The Bertz CT molecular complexity index is 1240. The Balaban J connectivity index is 1.48. The van der Waals surface area contributed by atoms with Crippen LogP contribution in [0.15, 0.2) is 12.3 Å². The average Bonchev–Trinajstić information content (AvgIpc) is 3.63. The van der Waals surface area contributed by atoms with Crippen molar-refractivity contribution in [2.24, 2.45) is 16.7 Å². The predicted octanol–water partition coefficient (Wildman–Crippen LogP) is 3.91. The van der Waals surface area contributed by atoms with Gasteiger partial charge in [0.1, 0.15) is 0 Å². The summed E-state index contributed by atoms with van der Waals surface area (Å²) < 4.78 is 19.5. The maximum absolute atomic E-state index is 14.5. The molecule has 8 heteroatoms. The molecule has 2 aromatic rings. The predicted molar refractivity (Wildman–Crippen MR) is 125 cm³/mol. The zero-order valence-electron chi connectivity index (χ0n) is 19.7. The van der Waals surface area contributed by atoms with Crippen molar-refractivity contribution < 1.29 is 19.0 Å². The zero-order valence-corrected chi connectivity index (χ0v) is 19.7. The molecule has 0 aliphatic heterocycles. The van der Waals surface area contributed by atoms with E-state index in [9.17, 15) is 14.3 Å². The van der Waals surface area contributed by atoms with Gasteiger partial charge in [-0.25, -0.2) is 19.3 Å². The normalized spacial score (nSPS) is 34.7. The summed E-state index contributed by atoms with van der Waals surface area (Å²) in [6.07, 6.45) is 6.95. The molecule has 2 N–H and O–H groups in total. The van der Waals surface area contributed by atoms with Gasteiger partial charge in [-0.3, -0.25) is 4.79 Å². The number of carbonyl (C=O) groups is 1. The van der Waals surface area contributed by atoms with Crippen molar-refractivity contribution in [3.05, 3.63) is 40.6 Å². The van der Waals surface area contributed by atoms with Crippen LogP contribution >= 0.6 is 0 Å². The second-order valence-electron chi connectivity index (χ2n) is 10.2. The molecule has 0 saturated heterocycles. The summed E-state index contributed by atoms with van der Waals surface area (Å²) >= 11 is 0. The molecule has 7 nitrogen and oxygen atoms in total. The van der Waals surface area contributed by atoms with E-state index in [1.165, 1.54) is 19.4 Å². The zero-order chi connectivity index (χ0) is 23.8. The molecule has 2 heterocycles. The number of Topliss-reactive ketones (excluding diaryl/α,β-unsaturated/α-hetero) is 1. The van der Waals surface area contributed by atoms with Crippen LogP contribution in [0.3, 0.4) is 0 Å². The molecule has 0 amide bonds. The molecule has 0 radical (unpaired) electrons. The quantitative estimate of drug-likeness (QED) is 0.708. The van der Waals surface area contributed by atoms with E-state index >= 15 is 0 Å². The van der Waals surface area contributed by atoms with E-state index in [0.717, 1.165) is 49.2 Å². The van der Waals surface area contributed by atoms with Crippen molar-refractivity contribution in [1.82, 2.24) is 15.0 Å². The Morgan fingerprint density at radius 2 is 2.06 bits per heavy atom. The number of aliphatic hydroxyl groups excluding tert-OH is 1. The molecule has 2 spiro atoms. The lowest BCUT2D eigenvalue weighted by atomic mass is 9.67. The molecule has 0 aromatic carbocycles. The van der Waals surface area contributed by atoms with Gasteiger partial charge in [0.05, 0.1) is 24.6 Å². The number of carbonyl (C=O) groups excluding carboxylic acids is 1. The minimum absolute atomic E-state index is 0.00248. The highest BCUT2D eigenvalue weighted by Crippen LogP contribution is 2.99. The SMILES string of the molecule is CCNc1nc(C)c2c(n1)C1[C@H]3C4(CCC(O)CC4)C13CC(=O)/C(c1cnc(OC)c(F)c1)=C\2. The molecular weight excluding hydrogens is 435 g/mol. The number of rotatable bonds is 4. The van der Waals surface area contributed by atoms with Crippen molar-refractivity contribution in [2.75, 3.05) is 19.0 Å². The minimum Gasteiger partial charge on any atom is -0.479 e. The van der Waals surface area contributed by atoms with Gasteiger partial charge in [-0.2, -0.15) is 0 Å². The molecule has 34 heavy (non-hydrogen) atoms. The highest BCUT2D eigenvalue weighted by molar-refractivity contribution is 6.26. The van der Waals surface area contributed by atoms with Crippen LogP contribution in [-0.2, 0) is 4.79 Å². The summed E-state index contributed by atoms with van der Waals surface area (Å²) in [7, 11) is 1.37. The fraction of sp³-hybridized carbons (Fsp3) is 0.538. The Morgan fingerprint density at radius 3 is 2.74 bits per heavy atom. The summed E-state index contributed by atoms with van der Waals surface area (Å²) in [5.74, 6) is 0.536. The Labute approximate surface area is 197 Å². The van der Waals surface area contributed by atoms with Gasteiger partial charge in [-0.1, -0.05) is 0 Å². The van der Waals surface area contributed by atoms with Gasteiger partial charge in [0, 0.05) is 41.8 Å². The highest BCUT2D eigenvalue weighted by atomic mass is 19.1. The van der Waals surface area contributed by atoms with Crippen LogP contribution < -0.4 is 10.1 Å². The molecule has 2 unspecified atom stereocenters. The summed E-state index contributed by atoms with van der Waals surface area (Å²) in [6, 6.07) is 1.32. The Morgan fingerprint density at radius 1 is 1.29 bits per heavy atom. The number of aliphatic hydroxyl groups is 1. The van der Waals surface area contributed by atoms with Crippen molar-refractivity contribution in [3.8, 4) is 5.88 Å². The average molecular weight is 465 g/mol. The number of hydrogen-bond donors (Lipinski definition) is 2. The number of allylic oxidation sites excluding steroid dienone is 1. The fourth-order valence-corrected chi connectivity index (χ4v) is 7.20. The summed E-state index contributed by atoms with van der Waals surface area (Å²) in [4.78, 5) is 27.3. The van der Waals surface area contributed by atoms with Crippen molar-refractivity contribution in [2.45, 2.75) is 58.0 Å². The number of nitrogens with zero attached hydrogens (tertiary/aromatic N) is 3. The van der Waals surface area contributed by atoms with E-state index in [2.05, 4.69) is 15.3 Å². The number of ether oxygens (including phenoxy) is 1. The summed E-state index contributed by atoms with van der Waals surface area (Å²) in [5.41, 5.74) is 3.48. The first-order chi connectivity index (χ1) is 16.4. The van der Waals surface area contributed by atoms with E-state index in [4.69, 9.17) is 9.72 Å². The Kier molecular flexibility index (Phi) is 4.66. The summed E-state index contributed by atoms with van der Waals surface area (Å²) in [6.45, 7) is 4.66. The molecule has 178 valence electrons. The lowest BCUT2D eigenvalue weighted by Crippen LogP contribution is -2.32. The molecule has 0 bridgehead atoms. The van der Waals surface area contributed by atoms with Crippen molar-refractivity contribution in [1.29, 1.82) is 0 Å². The van der Waals surface area contributed by atoms with Crippen LogP contribution in [-0.4, -0.2) is 45.6 Å². The lowest BCUT2D eigenvalue weighted by molar-refractivity contribution is -0.115. The van der Waals surface area contributed by atoms with Gasteiger partial charge in [0.25, 0.3) is 0 Å². The molecule has 4 aliphatic carbocycles. The minimum atomic E-state index is -0.601. The number of hydrogen-bond acceptors (Lipinski definition) is 7. The molecule has 4 aliphatic rings. The standard InChI is InChI=1S/C26H29FN4O3/c1-4-28-24-30-13(2)16-10-17(14-9-18(27)23(34-3)29-12-14)19(33)11-26-20(21(16)31-24)22(26)25(26)7-5-15(32)6-8-25/h9-10,12,15,20,22,32H,4-8,11H2,1-3H3,(H,28,30,31)/b17-10-/t15?,20?,22-,25?,26?/m0/s1. The second kappa shape index (κ2) is 7.31. The number of methoxy groups -OCH3 is 1. The largest absolute Gasteiger partial charge is 0.479 e. The third-order valence-electron chi connectivity index (χ3n) is 8.77. The smallest absolute Gasteiger partial charge is 0.250 e. The van der Waals surface area contributed by atoms with Gasteiger partial charge in [-0.05, 0) is 68.4 Å². The van der Waals surface area contributed by atoms with E-state index in [-0.39, 0.29) is 34.5 Å². The van der Waals surface area contributed by atoms with Crippen LogP contribution in [0.1, 0.15) is 67.5 Å². The maximum Gasteiger partial charge on any atom is 0.250 e. The highest BCUT2D eigenvalue weighted by Gasteiger charge is 2.94. The molecule has 2 aromatic heterocycles. The second-order valence-corrected chi connectivity index (χ2v) is 10.2. The van der Waals surface area contributed by atoms with E-state index in [0.29, 0.717) is 29.4 Å². The van der Waals surface area contributed by atoms with Gasteiger partial charge in [0.15, 0.2) is 11.6 Å². The third kappa shape index (κ3) is 2.78. The number of fused-ring (bicyclic) bond motifs is 4. The number of aromatic nitrogens is 3. The van der Waals surface area contributed by atoms with Gasteiger partial charge >= 0.3 is 0 Å². The monoisotopic (exact) mass is 464 g/mol. The summed E-state index contributed by atoms with van der Waals surface area (Å²) in [5, 5.41) is 13.3. The topological polar surface area (TPSA) is 97.2 Å². The molecular formula is C26H29FN4O3. The van der Waals surface area contributed by atoms with Crippen LogP contribution in [0, 0.1) is 29.5 Å². The molecule has 3 saturated carbocycles. The van der Waals surface area contributed by atoms with Gasteiger partial charge in [0.2, 0.25) is 11.8 Å². The van der Waals surface area contributed by atoms with Gasteiger partial charge < -0.3 is 15.2 Å². The van der Waals surface area contributed by atoms with E-state index < -0.39 is 5.82 Å². The molecule has 6 rings (SSSR count). The first-order valence-corrected chi connectivity index (χ1v) is 12.1. The molecule has 3 fully saturated rings.